The first-order chi connectivity index (χ1) is 20.8. The van der Waals surface area contributed by atoms with E-state index in [1.165, 1.54) is 0 Å². The summed E-state index contributed by atoms with van der Waals surface area (Å²) in [5, 5.41) is 4.23. The Morgan fingerprint density at radius 2 is 1.72 bits per heavy atom. The Kier molecular flexibility index (Phi) is 7.98. The smallest absolute Gasteiger partial charge is 0.200 e. The van der Waals surface area contributed by atoms with Crippen LogP contribution < -0.4 is 11.2 Å². The summed E-state index contributed by atoms with van der Waals surface area (Å²) in [6.07, 6.45) is 12.6. The van der Waals surface area contributed by atoms with Crippen molar-refractivity contribution < 1.29 is 9.53 Å². The molecule has 0 unspecified atom stereocenters. The average molecular weight is 575 g/mol. The van der Waals surface area contributed by atoms with Crippen LogP contribution in [0.4, 0.5) is 5.82 Å². The molecule has 0 spiro atoms. The summed E-state index contributed by atoms with van der Waals surface area (Å²) in [5.74, 6) is 0.552. The Hall–Kier alpha value is -4.89. The van der Waals surface area contributed by atoms with Gasteiger partial charge in [-0.15, -0.1) is 0 Å². The predicted molar refractivity (Wildman–Crippen MR) is 167 cm³/mol. The van der Waals surface area contributed by atoms with Gasteiger partial charge in [0.2, 0.25) is 0 Å². The number of ketones is 1. The number of nitrogens with zero attached hydrogens (tertiary/aromatic N) is 5. The summed E-state index contributed by atoms with van der Waals surface area (Å²) in [4.78, 5) is 36.2. The van der Waals surface area contributed by atoms with Gasteiger partial charge in [0.25, 0.3) is 0 Å². The fourth-order valence-electron chi connectivity index (χ4n) is 5.48. The molecule has 0 radical (unpaired) electrons. The molecule has 4 aromatic heterocycles. The molecule has 1 aliphatic rings. The van der Waals surface area contributed by atoms with E-state index in [1.807, 2.05) is 73.4 Å². The van der Waals surface area contributed by atoms with E-state index in [1.54, 1.807) is 29.5 Å². The van der Waals surface area contributed by atoms with E-state index < -0.39 is 0 Å². The molecule has 9 nitrogen and oxygen atoms in total. The third kappa shape index (κ3) is 6.32. The number of anilines is 1. The first kappa shape index (κ1) is 28.2. The molecule has 2 N–H and O–H groups in total. The highest BCUT2D eigenvalue weighted by molar-refractivity contribution is 5.98. The lowest BCUT2D eigenvalue weighted by Crippen LogP contribution is -2.25. The van der Waals surface area contributed by atoms with Crippen LogP contribution in [-0.2, 0) is 24.8 Å². The monoisotopic (exact) mass is 574 g/mol. The van der Waals surface area contributed by atoms with Crippen molar-refractivity contribution in [2.45, 2.75) is 32.7 Å². The molecule has 5 aromatic rings. The van der Waals surface area contributed by atoms with E-state index in [9.17, 15) is 9.59 Å². The van der Waals surface area contributed by atoms with Crippen molar-refractivity contribution in [3.8, 4) is 33.5 Å². The lowest BCUT2D eigenvalue weighted by Gasteiger charge is -2.23. The second-order valence-corrected chi connectivity index (χ2v) is 11.2. The quantitative estimate of drug-likeness (QED) is 0.256. The highest BCUT2D eigenvalue weighted by atomic mass is 16.5. The zero-order valence-electron chi connectivity index (χ0n) is 24.4. The second kappa shape index (κ2) is 12.1. The van der Waals surface area contributed by atoms with Gasteiger partial charge in [0.1, 0.15) is 5.82 Å². The zero-order valence-corrected chi connectivity index (χ0v) is 24.4. The molecule has 0 bridgehead atoms. The number of carbonyl (C=O) groups excluding carboxylic acids is 1. The summed E-state index contributed by atoms with van der Waals surface area (Å²) in [7, 11) is 1.86. The van der Waals surface area contributed by atoms with Gasteiger partial charge in [-0.1, -0.05) is 35.9 Å². The molecule has 218 valence electrons. The molecule has 0 aliphatic carbocycles. The van der Waals surface area contributed by atoms with Crippen LogP contribution >= 0.6 is 0 Å². The number of hydrogen-bond acceptors (Lipinski definition) is 7. The van der Waals surface area contributed by atoms with Crippen molar-refractivity contribution in [3.05, 3.63) is 107 Å². The lowest BCUT2D eigenvalue weighted by atomic mass is 9.97. The van der Waals surface area contributed by atoms with Gasteiger partial charge in [0, 0.05) is 86.5 Å². The van der Waals surface area contributed by atoms with E-state index in [4.69, 9.17) is 10.5 Å². The molecule has 0 atom stereocenters. The summed E-state index contributed by atoms with van der Waals surface area (Å²) in [6, 6.07) is 13.4. The van der Waals surface area contributed by atoms with Gasteiger partial charge in [0.15, 0.2) is 11.2 Å². The van der Waals surface area contributed by atoms with Crippen LogP contribution in [0.15, 0.2) is 84.4 Å². The number of ether oxygens (including phenoxy) is 1. The summed E-state index contributed by atoms with van der Waals surface area (Å²) in [5.41, 5.74) is 12.4. The minimum absolute atomic E-state index is 0.0561. The van der Waals surface area contributed by atoms with Crippen molar-refractivity contribution in [1.82, 2.24) is 24.3 Å². The maximum Gasteiger partial charge on any atom is 0.200 e. The van der Waals surface area contributed by atoms with Crippen molar-refractivity contribution in [1.29, 1.82) is 0 Å². The third-order valence-electron chi connectivity index (χ3n) is 7.97. The molecular formula is C34H34N6O3. The van der Waals surface area contributed by atoms with Gasteiger partial charge in [-0.05, 0) is 48.9 Å². The van der Waals surface area contributed by atoms with Crippen molar-refractivity contribution >= 4 is 11.6 Å². The average Bonchev–Trinajstić information content (AvgIpc) is 3.46. The fourth-order valence-corrected chi connectivity index (χ4v) is 5.48. The summed E-state index contributed by atoms with van der Waals surface area (Å²) < 4.78 is 9.26. The highest BCUT2D eigenvalue weighted by Crippen LogP contribution is 2.28. The van der Waals surface area contributed by atoms with Gasteiger partial charge < -0.3 is 15.0 Å². The van der Waals surface area contributed by atoms with Crippen LogP contribution in [0.5, 0.6) is 0 Å². The normalized spacial score (nSPS) is 13.7. The molecule has 6 rings (SSSR count). The lowest BCUT2D eigenvalue weighted by molar-refractivity contribution is 0.0612. The zero-order chi connectivity index (χ0) is 29.9. The number of benzene rings is 1. The van der Waals surface area contributed by atoms with Gasteiger partial charge in [-0.3, -0.25) is 19.3 Å². The molecule has 5 heterocycles. The second-order valence-electron chi connectivity index (χ2n) is 11.2. The first-order valence-electron chi connectivity index (χ1n) is 14.5. The molecule has 0 amide bonds. The summed E-state index contributed by atoms with van der Waals surface area (Å²) in [6.45, 7) is 4.21. The van der Waals surface area contributed by atoms with Crippen LogP contribution in [0.1, 0.15) is 34.3 Å². The van der Waals surface area contributed by atoms with Crippen LogP contribution in [0.25, 0.3) is 33.5 Å². The topological polar surface area (TPSA) is 118 Å². The largest absolute Gasteiger partial charge is 0.383 e. The van der Waals surface area contributed by atoms with E-state index in [2.05, 4.69) is 15.1 Å². The van der Waals surface area contributed by atoms with Crippen LogP contribution in [0.2, 0.25) is 0 Å². The van der Waals surface area contributed by atoms with E-state index in [0.29, 0.717) is 34.1 Å². The number of pyridine rings is 3. The minimum Gasteiger partial charge on any atom is -0.383 e. The number of Topliss-reactive ketones (excluding diaryl/α,β-unsaturated/α-hetero) is 1. The molecule has 1 fully saturated rings. The Morgan fingerprint density at radius 3 is 2.42 bits per heavy atom. The maximum absolute atomic E-state index is 13.7. The number of hydrogen-bond donors (Lipinski definition) is 1. The predicted octanol–water partition coefficient (Wildman–Crippen LogP) is 5.12. The number of aromatic nitrogens is 5. The Balaban J connectivity index is 1.27. The molecule has 1 aliphatic heterocycles. The summed E-state index contributed by atoms with van der Waals surface area (Å²) >= 11 is 0. The molecule has 1 aromatic carbocycles. The van der Waals surface area contributed by atoms with E-state index in [0.717, 1.165) is 54.9 Å². The van der Waals surface area contributed by atoms with Crippen molar-refractivity contribution in [2.24, 2.45) is 13.0 Å². The van der Waals surface area contributed by atoms with Crippen LogP contribution in [0, 0.1) is 12.8 Å². The minimum atomic E-state index is -0.257. The third-order valence-corrected chi connectivity index (χ3v) is 7.97. The van der Waals surface area contributed by atoms with Crippen molar-refractivity contribution in [3.63, 3.8) is 0 Å². The number of nitrogens with two attached hydrogens (primary N) is 1. The molecule has 9 heteroatoms. The van der Waals surface area contributed by atoms with Gasteiger partial charge in [-0.25, -0.2) is 4.98 Å². The van der Waals surface area contributed by atoms with Crippen molar-refractivity contribution in [2.75, 3.05) is 18.9 Å². The van der Waals surface area contributed by atoms with Crippen LogP contribution in [0.3, 0.4) is 0 Å². The number of carbonyl (C=O) groups is 1. The first-order valence-corrected chi connectivity index (χ1v) is 14.5. The highest BCUT2D eigenvalue weighted by Gasteiger charge is 2.20. The Bertz CT molecular complexity index is 1820. The Labute approximate surface area is 250 Å². The fraction of sp³-hybridized carbons (Fsp3) is 0.265. The van der Waals surface area contributed by atoms with Gasteiger partial charge in [-0.2, -0.15) is 5.10 Å². The molecule has 1 saturated heterocycles. The maximum atomic E-state index is 13.7. The number of aryl methyl sites for hydroxylation is 2. The van der Waals surface area contributed by atoms with Gasteiger partial charge in [0.05, 0.1) is 17.5 Å². The van der Waals surface area contributed by atoms with E-state index in [-0.39, 0.29) is 23.2 Å². The number of nitrogen functional groups attached to an aromatic ring is 1. The standard InChI is InChI=1S/C34H34N6O3/c1-22-3-6-25(7-4-22)29-20-40(18-23-9-11-43-12-10-23)21-30(33(29)42)32(41)13-24-5-8-31(36-15-24)28-14-26(16-37-34(28)35)27-17-38-39(2)19-27/h3-8,14-17,19-21,23H,9-13,18H2,1-2H3,(H2,35,37). The molecule has 43 heavy (non-hydrogen) atoms. The Morgan fingerprint density at radius 1 is 0.930 bits per heavy atom. The number of rotatable bonds is 8. The molecular weight excluding hydrogens is 540 g/mol. The van der Waals surface area contributed by atoms with Crippen LogP contribution in [-0.4, -0.2) is 43.3 Å². The van der Waals surface area contributed by atoms with Gasteiger partial charge >= 0.3 is 0 Å². The molecule has 0 saturated carbocycles. The SMILES string of the molecule is Cc1ccc(-c2cn(CC3CCOCC3)cc(C(=O)Cc3ccc(-c4cc(-c5cnn(C)c5)cnc4N)nc3)c2=O)cc1. The van der Waals surface area contributed by atoms with E-state index >= 15 is 0 Å².